The van der Waals surface area contributed by atoms with Crippen molar-refractivity contribution >= 4 is 22.6 Å². The van der Waals surface area contributed by atoms with Crippen LogP contribution in [0.3, 0.4) is 0 Å². The molecule has 0 unspecified atom stereocenters. The van der Waals surface area contributed by atoms with Gasteiger partial charge in [0.2, 0.25) is 0 Å². The van der Waals surface area contributed by atoms with Crippen LogP contribution in [0, 0.1) is 0 Å². The molecule has 1 fully saturated rings. The Balaban J connectivity index is 2.49. The maximum absolute atomic E-state index is 2.65. The summed E-state index contributed by atoms with van der Waals surface area (Å²) in [7, 11) is 4.54. The minimum absolute atomic E-state index is 1.18. The highest BCUT2D eigenvalue weighted by Gasteiger charge is 2.10. The zero-order valence-corrected chi connectivity index (χ0v) is 16.5. The van der Waals surface area contributed by atoms with E-state index in [1.54, 1.807) is 0 Å². The second kappa shape index (κ2) is 12.0. The van der Waals surface area contributed by atoms with Crippen LogP contribution >= 0.6 is 22.6 Å². The summed E-state index contributed by atoms with van der Waals surface area (Å²) in [4.78, 5) is 10.2. The van der Waals surface area contributed by atoms with Crippen LogP contribution in [0.5, 0.6) is 0 Å². The topological polar surface area (TPSA) is 13.0 Å². The van der Waals surface area contributed by atoms with Crippen molar-refractivity contribution in [3.05, 3.63) is 0 Å². The van der Waals surface area contributed by atoms with Gasteiger partial charge in [-0.1, -0.05) is 29.5 Å². The summed E-state index contributed by atoms with van der Waals surface area (Å²) >= 11 is 2.50. The summed E-state index contributed by atoms with van der Waals surface area (Å²) in [6, 6.07) is 0. The summed E-state index contributed by atoms with van der Waals surface area (Å²) < 4.78 is 1.24. The lowest BCUT2D eigenvalue weighted by atomic mass is 10.3. The van der Waals surface area contributed by atoms with Crippen LogP contribution in [0.25, 0.3) is 0 Å². The standard InChI is InChI=1S/C16H35IN4/c1-4-20-10-6-11-21(12-7-17)16-14-19(3)9-5-8-18(2)13-15-20/h4-16H2,1-3H3. The first-order valence-electron chi connectivity index (χ1n) is 8.53. The first-order valence-corrected chi connectivity index (χ1v) is 10.1. The van der Waals surface area contributed by atoms with Crippen LogP contribution in [-0.4, -0.2) is 104 Å². The summed E-state index contributed by atoms with van der Waals surface area (Å²) in [6.07, 6.45) is 2.59. The molecule has 1 heterocycles. The molecule has 4 nitrogen and oxygen atoms in total. The minimum Gasteiger partial charge on any atom is -0.305 e. The lowest BCUT2D eigenvalue weighted by Crippen LogP contribution is -2.39. The SMILES string of the molecule is CCN1CCCN(CCI)CCN(C)CCCN(C)CC1. The normalized spacial score (nSPS) is 24.0. The van der Waals surface area contributed by atoms with Gasteiger partial charge in [-0.05, 0) is 59.7 Å². The van der Waals surface area contributed by atoms with E-state index >= 15 is 0 Å². The van der Waals surface area contributed by atoms with E-state index in [9.17, 15) is 0 Å². The van der Waals surface area contributed by atoms with Gasteiger partial charge < -0.3 is 19.6 Å². The van der Waals surface area contributed by atoms with Gasteiger partial charge >= 0.3 is 0 Å². The predicted octanol–water partition coefficient (Wildman–Crippen LogP) is 1.70. The van der Waals surface area contributed by atoms with Crippen LogP contribution in [0.4, 0.5) is 0 Å². The van der Waals surface area contributed by atoms with Crippen LogP contribution in [-0.2, 0) is 0 Å². The Morgan fingerprint density at radius 2 is 1.24 bits per heavy atom. The van der Waals surface area contributed by atoms with Gasteiger partial charge in [0.1, 0.15) is 0 Å². The Bertz CT molecular complexity index is 252. The quantitative estimate of drug-likeness (QED) is 0.519. The third-order valence-electron chi connectivity index (χ3n) is 4.47. The molecular formula is C16H35IN4. The van der Waals surface area contributed by atoms with Crippen LogP contribution in [0.15, 0.2) is 0 Å². The monoisotopic (exact) mass is 410 g/mol. The molecule has 0 spiro atoms. The predicted molar refractivity (Wildman–Crippen MR) is 102 cm³/mol. The molecular weight excluding hydrogens is 375 g/mol. The van der Waals surface area contributed by atoms with E-state index in [-0.39, 0.29) is 0 Å². The molecule has 5 heteroatoms. The van der Waals surface area contributed by atoms with Crippen molar-refractivity contribution in [3.8, 4) is 0 Å². The van der Waals surface area contributed by atoms with Gasteiger partial charge in [-0.2, -0.15) is 0 Å². The van der Waals surface area contributed by atoms with Crippen molar-refractivity contribution in [3.63, 3.8) is 0 Å². The van der Waals surface area contributed by atoms with Gasteiger partial charge in [-0.3, -0.25) is 0 Å². The molecule has 126 valence electrons. The molecule has 1 saturated heterocycles. The number of hydrogen-bond acceptors (Lipinski definition) is 4. The summed E-state index contributed by atoms with van der Waals surface area (Å²) in [6.45, 7) is 14.5. The van der Waals surface area contributed by atoms with E-state index in [2.05, 4.69) is 63.2 Å². The van der Waals surface area contributed by atoms with Crippen molar-refractivity contribution in [1.29, 1.82) is 0 Å². The average molecular weight is 410 g/mol. The molecule has 1 rings (SSSR count). The fraction of sp³-hybridized carbons (Fsp3) is 1.00. The average Bonchev–Trinajstić information content (AvgIpc) is 2.47. The van der Waals surface area contributed by atoms with Gasteiger partial charge in [0.25, 0.3) is 0 Å². The molecule has 1 aliphatic heterocycles. The molecule has 0 atom stereocenters. The Kier molecular flexibility index (Phi) is 11.3. The number of halogens is 1. The fourth-order valence-corrected chi connectivity index (χ4v) is 3.54. The van der Waals surface area contributed by atoms with Crippen LogP contribution in [0.1, 0.15) is 19.8 Å². The molecule has 0 bridgehead atoms. The third kappa shape index (κ3) is 9.33. The minimum atomic E-state index is 1.18. The van der Waals surface area contributed by atoms with Crippen molar-refractivity contribution < 1.29 is 0 Å². The molecule has 0 aromatic heterocycles. The number of hydrogen-bond donors (Lipinski definition) is 0. The van der Waals surface area contributed by atoms with E-state index in [1.165, 1.54) is 82.7 Å². The molecule has 0 amide bonds. The molecule has 0 aromatic carbocycles. The Labute approximate surface area is 146 Å². The zero-order chi connectivity index (χ0) is 15.5. The smallest absolute Gasteiger partial charge is 0.0123 e. The van der Waals surface area contributed by atoms with Crippen molar-refractivity contribution in [2.75, 3.05) is 84.0 Å². The number of rotatable bonds is 3. The van der Waals surface area contributed by atoms with Crippen LogP contribution in [0.2, 0.25) is 0 Å². The number of nitrogens with zero attached hydrogens (tertiary/aromatic N) is 4. The number of likely N-dealkylation sites (N-methyl/N-ethyl adjacent to an activating group) is 3. The van der Waals surface area contributed by atoms with E-state index < -0.39 is 0 Å². The molecule has 0 aliphatic carbocycles. The highest BCUT2D eigenvalue weighted by molar-refractivity contribution is 14.1. The van der Waals surface area contributed by atoms with Gasteiger partial charge in [-0.25, -0.2) is 0 Å². The van der Waals surface area contributed by atoms with E-state index in [4.69, 9.17) is 0 Å². The Morgan fingerprint density at radius 1 is 0.714 bits per heavy atom. The Morgan fingerprint density at radius 3 is 1.81 bits per heavy atom. The summed E-state index contributed by atoms with van der Waals surface area (Å²) in [5.41, 5.74) is 0. The molecule has 0 N–H and O–H groups in total. The second-order valence-electron chi connectivity index (χ2n) is 6.28. The van der Waals surface area contributed by atoms with Crippen LogP contribution < -0.4 is 0 Å². The first-order chi connectivity index (χ1) is 10.2. The van der Waals surface area contributed by atoms with Crippen molar-refractivity contribution in [2.24, 2.45) is 0 Å². The maximum Gasteiger partial charge on any atom is 0.0123 e. The van der Waals surface area contributed by atoms with Crippen molar-refractivity contribution in [1.82, 2.24) is 19.6 Å². The Hall–Kier alpha value is 0.570. The molecule has 1 aliphatic rings. The van der Waals surface area contributed by atoms with Gasteiger partial charge in [0.15, 0.2) is 0 Å². The van der Waals surface area contributed by atoms with Gasteiger partial charge in [-0.15, -0.1) is 0 Å². The van der Waals surface area contributed by atoms with Gasteiger partial charge in [0.05, 0.1) is 0 Å². The second-order valence-corrected chi connectivity index (χ2v) is 7.36. The molecule has 0 aromatic rings. The van der Waals surface area contributed by atoms with E-state index in [0.29, 0.717) is 0 Å². The molecule has 0 saturated carbocycles. The lowest BCUT2D eigenvalue weighted by molar-refractivity contribution is 0.186. The van der Waals surface area contributed by atoms with Crippen molar-refractivity contribution in [2.45, 2.75) is 19.8 Å². The summed E-state index contributed by atoms with van der Waals surface area (Å²) in [5.74, 6) is 0. The summed E-state index contributed by atoms with van der Waals surface area (Å²) in [5, 5.41) is 0. The van der Waals surface area contributed by atoms with E-state index in [0.717, 1.165) is 0 Å². The lowest BCUT2D eigenvalue weighted by Gasteiger charge is -2.29. The highest BCUT2D eigenvalue weighted by atomic mass is 127. The zero-order valence-electron chi connectivity index (χ0n) is 14.4. The molecule has 0 radical (unpaired) electrons. The largest absolute Gasteiger partial charge is 0.305 e. The maximum atomic E-state index is 2.65. The van der Waals surface area contributed by atoms with Gasteiger partial charge in [0, 0.05) is 37.2 Å². The molecule has 21 heavy (non-hydrogen) atoms. The number of alkyl halides is 1. The third-order valence-corrected chi connectivity index (χ3v) is 4.95. The fourth-order valence-electron chi connectivity index (χ4n) is 2.86. The highest BCUT2D eigenvalue weighted by Crippen LogP contribution is 2.01. The first kappa shape index (κ1) is 19.6. The van der Waals surface area contributed by atoms with E-state index in [1.807, 2.05) is 0 Å².